The lowest BCUT2D eigenvalue weighted by atomic mass is 10.1. The van der Waals surface area contributed by atoms with Crippen molar-refractivity contribution < 1.29 is 4.79 Å². The van der Waals surface area contributed by atoms with Gasteiger partial charge in [-0.05, 0) is 49.4 Å². The molecule has 1 aromatic heterocycles. The van der Waals surface area contributed by atoms with Crippen LogP contribution in [0, 0.1) is 0 Å². The summed E-state index contributed by atoms with van der Waals surface area (Å²) in [6.45, 7) is 2.97. The first kappa shape index (κ1) is 14.9. The highest BCUT2D eigenvalue weighted by molar-refractivity contribution is 6.05. The second-order valence-electron chi connectivity index (χ2n) is 5.35. The summed E-state index contributed by atoms with van der Waals surface area (Å²) < 4.78 is 0. The zero-order valence-electron chi connectivity index (χ0n) is 13.0. The lowest BCUT2D eigenvalue weighted by Crippen LogP contribution is -2.16. The SMILES string of the molecule is CCN(C)c1ccc(C(=O)Nc2ccc3[nH]c(=O)[nH]c3c2)cc1. The summed E-state index contributed by atoms with van der Waals surface area (Å²) in [4.78, 5) is 31.0. The molecule has 3 aromatic rings. The molecule has 0 saturated heterocycles. The molecule has 0 fully saturated rings. The third kappa shape index (κ3) is 3.11. The van der Waals surface area contributed by atoms with Gasteiger partial charge < -0.3 is 20.2 Å². The van der Waals surface area contributed by atoms with Crippen LogP contribution in [-0.2, 0) is 0 Å². The van der Waals surface area contributed by atoms with E-state index in [0.717, 1.165) is 12.2 Å². The van der Waals surface area contributed by atoms with Gasteiger partial charge in [0.15, 0.2) is 0 Å². The van der Waals surface area contributed by atoms with Gasteiger partial charge in [0, 0.05) is 30.5 Å². The Hall–Kier alpha value is -3.02. The first-order chi connectivity index (χ1) is 11.1. The molecule has 6 heteroatoms. The van der Waals surface area contributed by atoms with Crippen molar-refractivity contribution in [1.29, 1.82) is 0 Å². The van der Waals surface area contributed by atoms with Crippen LogP contribution in [0.15, 0.2) is 47.3 Å². The molecule has 0 aliphatic rings. The van der Waals surface area contributed by atoms with E-state index in [4.69, 9.17) is 0 Å². The van der Waals surface area contributed by atoms with E-state index in [1.165, 1.54) is 0 Å². The van der Waals surface area contributed by atoms with Gasteiger partial charge in [-0.1, -0.05) is 0 Å². The fourth-order valence-electron chi connectivity index (χ4n) is 2.36. The molecule has 0 radical (unpaired) electrons. The number of aromatic nitrogens is 2. The van der Waals surface area contributed by atoms with Crippen molar-refractivity contribution in [2.75, 3.05) is 23.8 Å². The number of hydrogen-bond acceptors (Lipinski definition) is 3. The highest BCUT2D eigenvalue weighted by atomic mass is 16.2. The Morgan fingerprint density at radius 1 is 1.09 bits per heavy atom. The van der Waals surface area contributed by atoms with Crippen molar-refractivity contribution in [2.24, 2.45) is 0 Å². The van der Waals surface area contributed by atoms with Gasteiger partial charge in [-0.2, -0.15) is 0 Å². The summed E-state index contributed by atoms with van der Waals surface area (Å²) in [5.41, 5.74) is 3.38. The summed E-state index contributed by atoms with van der Waals surface area (Å²) in [5.74, 6) is -0.187. The minimum Gasteiger partial charge on any atom is -0.375 e. The van der Waals surface area contributed by atoms with Crippen LogP contribution in [0.1, 0.15) is 17.3 Å². The Labute approximate surface area is 133 Å². The van der Waals surface area contributed by atoms with Crippen LogP contribution in [-0.4, -0.2) is 29.5 Å². The van der Waals surface area contributed by atoms with E-state index in [1.807, 2.05) is 19.2 Å². The number of fused-ring (bicyclic) bond motifs is 1. The highest BCUT2D eigenvalue weighted by Gasteiger charge is 2.08. The van der Waals surface area contributed by atoms with Crippen LogP contribution in [0.3, 0.4) is 0 Å². The first-order valence-corrected chi connectivity index (χ1v) is 7.41. The summed E-state index contributed by atoms with van der Waals surface area (Å²) >= 11 is 0. The van der Waals surface area contributed by atoms with E-state index in [9.17, 15) is 9.59 Å². The quantitative estimate of drug-likeness (QED) is 0.693. The lowest BCUT2D eigenvalue weighted by Gasteiger charge is -2.16. The number of nitrogens with one attached hydrogen (secondary N) is 3. The Bertz CT molecular complexity index is 893. The smallest absolute Gasteiger partial charge is 0.323 e. The fourth-order valence-corrected chi connectivity index (χ4v) is 2.36. The number of imidazole rings is 1. The predicted octanol–water partition coefficient (Wildman–Crippen LogP) is 2.56. The van der Waals surface area contributed by atoms with Gasteiger partial charge in [0.25, 0.3) is 5.91 Å². The van der Waals surface area contributed by atoms with E-state index in [2.05, 4.69) is 27.1 Å². The number of aromatic amines is 2. The molecule has 23 heavy (non-hydrogen) atoms. The van der Waals surface area contributed by atoms with Crippen molar-refractivity contribution >= 4 is 28.3 Å². The van der Waals surface area contributed by atoms with Crippen molar-refractivity contribution in [2.45, 2.75) is 6.92 Å². The third-order valence-electron chi connectivity index (χ3n) is 3.82. The molecule has 0 atom stereocenters. The molecule has 0 aliphatic carbocycles. The Kier molecular flexibility index (Phi) is 3.89. The maximum Gasteiger partial charge on any atom is 0.323 e. The molecule has 0 unspecified atom stereocenters. The standard InChI is InChI=1S/C17H18N4O2/c1-3-21(2)13-7-4-11(5-8-13)16(22)18-12-6-9-14-15(10-12)20-17(23)19-14/h4-10H,3H2,1-2H3,(H,18,22)(H2,19,20,23). The van der Waals surface area contributed by atoms with Gasteiger partial charge in [0.2, 0.25) is 0 Å². The number of nitrogens with zero attached hydrogens (tertiary/aromatic N) is 1. The number of carbonyl (C=O) groups excluding carboxylic acids is 1. The molecule has 6 nitrogen and oxygen atoms in total. The van der Waals surface area contributed by atoms with Gasteiger partial charge in [0.1, 0.15) is 0 Å². The van der Waals surface area contributed by atoms with Crippen LogP contribution < -0.4 is 15.9 Å². The average molecular weight is 310 g/mol. The van der Waals surface area contributed by atoms with Gasteiger partial charge in [-0.3, -0.25) is 4.79 Å². The van der Waals surface area contributed by atoms with Gasteiger partial charge >= 0.3 is 5.69 Å². The molecule has 2 aromatic carbocycles. The Morgan fingerprint density at radius 2 is 1.78 bits per heavy atom. The summed E-state index contributed by atoms with van der Waals surface area (Å²) in [7, 11) is 2.00. The topological polar surface area (TPSA) is 81.0 Å². The second kappa shape index (κ2) is 6.00. The number of benzene rings is 2. The average Bonchev–Trinajstić information content (AvgIpc) is 2.93. The zero-order chi connectivity index (χ0) is 16.4. The number of rotatable bonds is 4. The normalized spacial score (nSPS) is 10.7. The molecule has 3 N–H and O–H groups in total. The molecule has 0 aliphatic heterocycles. The predicted molar refractivity (Wildman–Crippen MR) is 92.3 cm³/mol. The number of H-pyrrole nitrogens is 2. The highest BCUT2D eigenvalue weighted by Crippen LogP contribution is 2.17. The van der Waals surface area contributed by atoms with E-state index in [0.29, 0.717) is 22.3 Å². The fraction of sp³-hybridized carbons (Fsp3) is 0.176. The molecule has 118 valence electrons. The first-order valence-electron chi connectivity index (χ1n) is 7.41. The summed E-state index contributed by atoms with van der Waals surface area (Å²) in [6, 6.07) is 12.7. The maximum atomic E-state index is 12.3. The number of carbonyl (C=O) groups is 1. The molecule has 3 rings (SSSR count). The van der Waals surface area contributed by atoms with Crippen molar-refractivity contribution in [1.82, 2.24) is 9.97 Å². The van der Waals surface area contributed by atoms with E-state index < -0.39 is 0 Å². The Balaban J connectivity index is 1.78. The van der Waals surface area contributed by atoms with Crippen molar-refractivity contribution in [3.8, 4) is 0 Å². The summed E-state index contributed by atoms with van der Waals surface area (Å²) in [6.07, 6.45) is 0. The molecule has 0 spiro atoms. The number of hydrogen-bond donors (Lipinski definition) is 3. The monoisotopic (exact) mass is 310 g/mol. The molecule has 1 heterocycles. The van der Waals surface area contributed by atoms with Gasteiger partial charge in [-0.15, -0.1) is 0 Å². The van der Waals surface area contributed by atoms with Crippen LogP contribution in [0.5, 0.6) is 0 Å². The lowest BCUT2D eigenvalue weighted by molar-refractivity contribution is 0.102. The van der Waals surface area contributed by atoms with E-state index >= 15 is 0 Å². The van der Waals surface area contributed by atoms with Gasteiger partial charge in [-0.25, -0.2) is 4.79 Å². The van der Waals surface area contributed by atoms with Gasteiger partial charge in [0.05, 0.1) is 11.0 Å². The van der Waals surface area contributed by atoms with Crippen molar-refractivity contribution in [3.05, 3.63) is 58.5 Å². The molecular formula is C17H18N4O2. The van der Waals surface area contributed by atoms with E-state index in [1.54, 1.807) is 30.3 Å². The number of amides is 1. The summed E-state index contributed by atoms with van der Waals surface area (Å²) in [5, 5.41) is 2.83. The third-order valence-corrected chi connectivity index (χ3v) is 3.82. The van der Waals surface area contributed by atoms with Crippen LogP contribution in [0.25, 0.3) is 11.0 Å². The van der Waals surface area contributed by atoms with Crippen LogP contribution in [0.4, 0.5) is 11.4 Å². The minimum absolute atomic E-state index is 0.187. The maximum absolute atomic E-state index is 12.3. The molecule has 0 saturated carbocycles. The molecular weight excluding hydrogens is 292 g/mol. The largest absolute Gasteiger partial charge is 0.375 e. The minimum atomic E-state index is -0.265. The Morgan fingerprint density at radius 3 is 2.48 bits per heavy atom. The van der Waals surface area contributed by atoms with Crippen LogP contribution in [0.2, 0.25) is 0 Å². The number of anilines is 2. The van der Waals surface area contributed by atoms with Crippen LogP contribution >= 0.6 is 0 Å². The van der Waals surface area contributed by atoms with Crippen molar-refractivity contribution in [3.63, 3.8) is 0 Å². The molecule has 0 bridgehead atoms. The second-order valence-corrected chi connectivity index (χ2v) is 5.35. The molecule has 1 amide bonds. The van der Waals surface area contributed by atoms with E-state index in [-0.39, 0.29) is 11.6 Å². The zero-order valence-corrected chi connectivity index (χ0v) is 13.0.